The van der Waals surface area contributed by atoms with Crippen LogP contribution < -0.4 is 11.1 Å². The molecule has 0 bridgehead atoms. The van der Waals surface area contributed by atoms with Crippen LogP contribution in [0.5, 0.6) is 0 Å². The van der Waals surface area contributed by atoms with E-state index in [9.17, 15) is 9.59 Å². The molecule has 0 saturated heterocycles. The fourth-order valence-corrected chi connectivity index (χ4v) is 1.89. The Labute approximate surface area is 98.1 Å². The number of nitrogens with one attached hydrogen (secondary N) is 2. The van der Waals surface area contributed by atoms with Gasteiger partial charge in [0.15, 0.2) is 5.16 Å². The SMILES string of the molecule is O=c1ccnc(Sc2nc[nH]c(=O)c2Cl)[nH]1. The van der Waals surface area contributed by atoms with Gasteiger partial charge in [-0.2, -0.15) is 0 Å². The summed E-state index contributed by atoms with van der Waals surface area (Å²) < 4.78 is 0. The summed E-state index contributed by atoms with van der Waals surface area (Å²) in [5.74, 6) is 0. The summed E-state index contributed by atoms with van der Waals surface area (Å²) in [5.41, 5.74) is -0.712. The Bertz CT molecular complexity index is 624. The van der Waals surface area contributed by atoms with Gasteiger partial charge in [0.05, 0.1) is 6.33 Å². The normalized spacial score (nSPS) is 10.3. The van der Waals surface area contributed by atoms with Crippen molar-refractivity contribution in [1.29, 1.82) is 0 Å². The van der Waals surface area contributed by atoms with Gasteiger partial charge < -0.3 is 9.97 Å². The topological polar surface area (TPSA) is 91.5 Å². The van der Waals surface area contributed by atoms with E-state index in [2.05, 4.69) is 19.9 Å². The highest BCUT2D eigenvalue weighted by Gasteiger charge is 2.08. The quantitative estimate of drug-likeness (QED) is 0.608. The van der Waals surface area contributed by atoms with Gasteiger partial charge in [-0.25, -0.2) is 9.97 Å². The molecule has 0 radical (unpaired) electrons. The van der Waals surface area contributed by atoms with Crippen LogP contribution in [0.1, 0.15) is 0 Å². The van der Waals surface area contributed by atoms with Gasteiger partial charge in [-0.1, -0.05) is 11.6 Å². The first-order valence-electron chi connectivity index (χ1n) is 4.13. The maximum atomic E-state index is 11.2. The number of halogens is 1. The first-order valence-corrected chi connectivity index (χ1v) is 5.32. The second kappa shape index (κ2) is 4.50. The van der Waals surface area contributed by atoms with Gasteiger partial charge in [0.1, 0.15) is 10.0 Å². The van der Waals surface area contributed by atoms with Crippen LogP contribution in [0.15, 0.2) is 38.4 Å². The number of rotatable bonds is 2. The van der Waals surface area contributed by atoms with Crippen molar-refractivity contribution in [2.24, 2.45) is 0 Å². The van der Waals surface area contributed by atoms with Crippen LogP contribution in [0.3, 0.4) is 0 Å². The fraction of sp³-hybridized carbons (Fsp3) is 0. The summed E-state index contributed by atoms with van der Waals surface area (Å²) in [4.78, 5) is 34.8. The summed E-state index contributed by atoms with van der Waals surface area (Å²) in [7, 11) is 0. The molecule has 0 amide bonds. The standard InChI is InChI=1S/C8H5ClN4O2S/c9-5-6(15)11-3-12-7(5)16-8-10-2-1-4(14)13-8/h1-3H,(H,10,13,14)(H,11,12,15). The fourth-order valence-electron chi connectivity index (χ4n) is 0.933. The third-order valence-corrected chi connectivity index (χ3v) is 2.97. The van der Waals surface area contributed by atoms with Crippen LogP contribution in [-0.2, 0) is 0 Å². The lowest BCUT2D eigenvalue weighted by atomic mass is 10.6. The Balaban J connectivity index is 2.38. The molecule has 0 unspecified atom stereocenters. The predicted molar refractivity (Wildman–Crippen MR) is 58.8 cm³/mol. The van der Waals surface area contributed by atoms with Crippen molar-refractivity contribution in [3.05, 3.63) is 44.3 Å². The number of nitrogens with zero attached hydrogens (tertiary/aromatic N) is 2. The third-order valence-electron chi connectivity index (χ3n) is 1.61. The van der Waals surface area contributed by atoms with Gasteiger partial charge in [-0.3, -0.25) is 9.59 Å². The summed E-state index contributed by atoms with van der Waals surface area (Å²) in [6.45, 7) is 0. The zero-order valence-electron chi connectivity index (χ0n) is 7.73. The molecule has 0 aliphatic carbocycles. The molecule has 6 nitrogen and oxygen atoms in total. The molecule has 2 rings (SSSR count). The lowest BCUT2D eigenvalue weighted by Gasteiger charge is -1.99. The van der Waals surface area contributed by atoms with E-state index in [-0.39, 0.29) is 10.6 Å². The molecule has 2 aromatic heterocycles. The van der Waals surface area contributed by atoms with Gasteiger partial charge in [0, 0.05) is 12.3 Å². The van der Waals surface area contributed by atoms with Gasteiger partial charge in [0.25, 0.3) is 11.1 Å². The molecular weight excluding hydrogens is 252 g/mol. The second-order valence-corrected chi connectivity index (χ2v) is 4.05. The van der Waals surface area contributed by atoms with Crippen LogP contribution in [0.25, 0.3) is 0 Å². The van der Waals surface area contributed by atoms with E-state index >= 15 is 0 Å². The molecule has 16 heavy (non-hydrogen) atoms. The highest BCUT2D eigenvalue weighted by atomic mass is 35.5. The van der Waals surface area contributed by atoms with Crippen LogP contribution in [0, 0.1) is 0 Å². The predicted octanol–water partition coefficient (Wildman–Crippen LogP) is 0.658. The smallest absolute Gasteiger partial charge is 0.270 e. The second-order valence-electron chi connectivity index (χ2n) is 2.69. The average molecular weight is 257 g/mol. The Morgan fingerprint density at radius 3 is 2.88 bits per heavy atom. The lowest BCUT2D eigenvalue weighted by molar-refractivity contribution is 0.926. The van der Waals surface area contributed by atoms with Crippen LogP contribution >= 0.6 is 23.4 Å². The van der Waals surface area contributed by atoms with Crippen molar-refractivity contribution in [1.82, 2.24) is 19.9 Å². The maximum absolute atomic E-state index is 11.2. The molecule has 0 fully saturated rings. The molecule has 82 valence electrons. The molecule has 0 aliphatic rings. The summed E-state index contributed by atoms with van der Waals surface area (Å²) >= 11 is 6.75. The van der Waals surface area contributed by atoms with E-state index in [1.165, 1.54) is 18.6 Å². The molecule has 0 aromatic carbocycles. The number of hydrogen-bond donors (Lipinski definition) is 2. The molecule has 0 saturated carbocycles. The number of H-pyrrole nitrogens is 2. The third kappa shape index (κ3) is 2.31. The van der Waals surface area contributed by atoms with E-state index < -0.39 is 5.56 Å². The summed E-state index contributed by atoms with van der Waals surface area (Å²) in [6, 6.07) is 1.29. The number of hydrogen-bond acceptors (Lipinski definition) is 5. The largest absolute Gasteiger partial charge is 0.312 e. The summed E-state index contributed by atoms with van der Waals surface area (Å²) in [6.07, 6.45) is 2.60. The zero-order valence-corrected chi connectivity index (χ0v) is 9.30. The van der Waals surface area contributed by atoms with Crippen LogP contribution in [0.4, 0.5) is 0 Å². The minimum absolute atomic E-state index is 0.0287. The van der Waals surface area contributed by atoms with Gasteiger partial charge in [0.2, 0.25) is 0 Å². The number of aromatic nitrogens is 4. The molecule has 2 N–H and O–H groups in total. The van der Waals surface area contributed by atoms with E-state index in [0.29, 0.717) is 10.2 Å². The highest BCUT2D eigenvalue weighted by molar-refractivity contribution is 7.99. The van der Waals surface area contributed by atoms with Crippen molar-refractivity contribution in [3.8, 4) is 0 Å². The van der Waals surface area contributed by atoms with E-state index in [1.807, 2.05) is 0 Å². The zero-order chi connectivity index (χ0) is 11.5. The average Bonchev–Trinajstić information content (AvgIpc) is 2.25. The molecule has 0 aliphatic heterocycles. The van der Waals surface area contributed by atoms with Gasteiger partial charge in [-0.15, -0.1) is 0 Å². The van der Waals surface area contributed by atoms with E-state index in [0.717, 1.165) is 11.8 Å². The Morgan fingerprint density at radius 2 is 2.12 bits per heavy atom. The molecular formula is C8H5ClN4O2S. The molecule has 0 spiro atoms. The highest BCUT2D eigenvalue weighted by Crippen LogP contribution is 2.25. The maximum Gasteiger partial charge on any atom is 0.270 e. The molecule has 8 heteroatoms. The minimum Gasteiger partial charge on any atom is -0.312 e. The molecule has 2 aromatic rings. The van der Waals surface area contributed by atoms with Gasteiger partial charge in [-0.05, 0) is 11.8 Å². The van der Waals surface area contributed by atoms with Crippen molar-refractivity contribution >= 4 is 23.4 Å². The first-order chi connectivity index (χ1) is 7.66. The monoisotopic (exact) mass is 256 g/mol. The first kappa shape index (κ1) is 10.9. The van der Waals surface area contributed by atoms with Crippen molar-refractivity contribution in [2.45, 2.75) is 10.2 Å². The molecule has 0 atom stereocenters. The Morgan fingerprint density at radius 1 is 1.31 bits per heavy atom. The molecule has 2 heterocycles. The number of aromatic amines is 2. The Kier molecular flexibility index (Phi) is 3.07. The lowest BCUT2D eigenvalue weighted by Crippen LogP contribution is -2.09. The van der Waals surface area contributed by atoms with Crippen molar-refractivity contribution in [2.75, 3.05) is 0 Å². The summed E-state index contributed by atoms with van der Waals surface area (Å²) in [5, 5.41) is 0.589. The Hall–Kier alpha value is -1.60. The van der Waals surface area contributed by atoms with Crippen LogP contribution in [0.2, 0.25) is 5.02 Å². The van der Waals surface area contributed by atoms with Crippen LogP contribution in [-0.4, -0.2) is 19.9 Å². The van der Waals surface area contributed by atoms with Gasteiger partial charge >= 0.3 is 0 Å². The van der Waals surface area contributed by atoms with E-state index in [4.69, 9.17) is 11.6 Å². The van der Waals surface area contributed by atoms with Crippen molar-refractivity contribution in [3.63, 3.8) is 0 Å². The van der Waals surface area contributed by atoms with E-state index in [1.54, 1.807) is 0 Å². The van der Waals surface area contributed by atoms with Crippen molar-refractivity contribution < 1.29 is 0 Å². The minimum atomic E-state index is -0.433.